The minimum Gasteiger partial charge on any atom is -0.444 e. The van der Waals surface area contributed by atoms with E-state index in [1.807, 2.05) is 32.6 Å². The van der Waals surface area contributed by atoms with Gasteiger partial charge in [0.1, 0.15) is 16.9 Å². The lowest BCUT2D eigenvalue weighted by atomic mass is 9.83. The Labute approximate surface area is 209 Å². The number of carbonyl (C=O) groups excluding carboxylic acids is 1. The second-order valence-electron chi connectivity index (χ2n) is 10.00. The molecular formula is C24H33ClFN5O2S. The lowest BCUT2D eigenvalue weighted by molar-refractivity contribution is 0.00499. The highest BCUT2D eigenvalue weighted by molar-refractivity contribution is 7.99. The van der Waals surface area contributed by atoms with Gasteiger partial charge in [0.15, 0.2) is 16.1 Å². The van der Waals surface area contributed by atoms with Gasteiger partial charge in [0.2, 0.25) is 0 Å². The van der Waals surface area contributed by atoms with E-state index in [0.29, 0.717) is 35.9 Å². The monoisotopic (exact) mass is 509 g/mol. The van der Waals surface area contributed by atoms with Crippen LogP contribution < -0.4 is 4.90 Å². The first-order chi connectivity index (χ1) is 16.1. The minimum atomic E-state index is -0.605. The van der Waals surface area contributed by atoms with E-state index in [-0.39, 0.29) is 34.8 Å². The molecule has 2 aliphatic heterocycles. The number of rotatable bonds is 3. The third-order valence-corrected chi connectivity index (χ3v) is 7.51. The predicted molar refractivity (Wildman–Crippen MR) is 134 cm³/mol. The van der Waals surface area contributed by atoms with Crippen LogP contribution in [0.4, 0.5) is 15.0 Å². The topological polar surface area (TPSA) is 71.5 Å². The molecule has 1 saturated heterocycles. The zero-order valence-corrected chi connectivity index (χ0v) is 22.3. The van der Waals surface area contributed by atoms with Gasteiger partial charge in [0.25, 0.3) is 0 Å². The molecule has 2 aliphatic rings. The van der Waals surface area contributed by atoms with Crippen molar-refractivity contribution in [2.24, 2.45) is 5.92 Å². The van der Waals surface area contributed by atoms with Crippen molar-refractivity contribution in [3.63, 3.8) is 0 Å². The molecule has 0 spiro atoms. The molecule has 10 heteroatoms. The summed E-state index contributed by atoms with van der Waals surface area (Å²) in [6.45, 7) is 13.0. The van der Waals surface area contributed by atoms with E-state index in [4.69, 9.17) is 21.3 Å². The summed E-state index contributed by atoms with van der Waals surface area (Å²) in [6, 6.07) is -0.0479. The smallest absolute Gasteiger partial charge is 0.410 e. The number of halogens is 2. The molecule has 34 heavy (non-hydrogen) atoms. The highest BCUT2D eigenvalue weighted by atomic mass is 35.5. The fourth-order valence-electron chi connectivity index (χ4n) is 5.16. The quantitative estimate of drug-likeness (QED) is 0.298. The standard InChI is InChI=1S/C24H33ClFN5O2S/c1-7-15-19-13(3)9-10-14-16-18(17(26)20(25)27-14)28-22(34-8-2)29-21(16)31(19)12-11-30(15)23(32)33-24(4,5)6/h13,15,19H,7-12H2,1-6H3/t13-,15-,19-/m0/s1. The fourth-order valence-corrected chi connectivity index (χ4v) is 5.91. The van der Waals surface area contributed by atoms with Crippen molar-refractivity contribution in [1.29, 1.82) is 0 Å². The Kier molecular flexibility index (Phi) is 7.16. The van der Waals surface area contributed by atoms with Crippen molar-refractivity contribution in [3.8, 4) is 0 Å². The minimum absolute atomic E-state index is 0.00994. The van der Waals surface area contributed by atoms with Crippen molar-refractivity contribution in [2.75, 3.05) is 23.7 Å². The number of ether oxygens (including phenoxy) is 1. The van der Waals surface area contributed by atoms with Gasteiger partial charge in [-0.15, -0.1) is 0 Å². The Hall–Kier alpha value is -1.87. The predicted octanol–water partition coefficient (Wildman–Crippen LogP) is 5.72. The summed E-state index contributed by atoms with van der Waals surface area (Å²) < 4.78 is 20.9. The van der Waals surface area contributed by atoms with Crippen molar-refractivity contribution in [3.05, 3.63) is 16.7 Å². The SMILES string of the molecule is CCSc1nc2c3c(nc(Cl)c(F)c3n1)CC[C@H](C)[C@H]1[C@H](CC)N(C(=O)OC(C)(C)C)CCN21. The zero-order valence-electron chi connectivity index (χ0n) is 20.7. The average molecular weight is 510 g/mol. The molecule has 2 aromatic rings. The molecule has 186 valence electrons. The molecule has 7 nitrogen and oxygen atoms in total. The third-order valence-electron chi connectivity index (χ3n) is 6.53. The van der Waals surface area contributed by atoms with E-state index >= 15 is 4.39 Å². The summed E-state index contributed by atoms with van der Waals surface area (Å²) in [5.74, 6) is 1.09. The average Bonchev–Trinajstić information content (AvgIpc) is 2.77. The van der Waals surface area contributed by atoms with Crippen LogP contribution in [0.15, 0.2) is 5.16 Å². The van der Waals surface area contributed by atoms with Crippen LogP contribution in [0, 0.1) is 11.7 Å². The summed E-state index contributed by atoms with van der Waals surface area (Å²) in [4.78, 5) is 31.0. The molecule has 4 heterocycles. The van der Waals surface area contributed by atoms with Crippen LogP contribution >= 0.6 is 23.4 Å². The van der Waals surface area contributed by atoms with E-state index in [1.54, 1.807) is 0 Å². The van der Waals surface area contributed by atoms with Crippen LogP contribution in [0.25, 0.3) is 10.9 Å². The Morgan fingerprint density at radius 3 is 2.62 bits per heavy atom. The third kappa shape index (κ3) is 4.65. The maximum Gasteiger partial charge on any atom is 0.410 e. The number of anilines is 1. The van der Waals surface area contributed by atoms with E-state index in [9.17, 15) is 4.79 Å². The van der Waals surface area contributed by atoms with Gasteiger partial charge < -0.3 is 14.5 Å². The molecule has 2 aromatic heterocycles. The van der Waals surface area contributed by atoms with Gasteiger partial charge in [-0.25, -0.2) is 24.1 Å². The highest BCUT2D eigenvalue weighted by Gasteiger charge is 2.44. The van der Waals surface area contributed by atoms with Crippen LogP contribution in [-0.4, -0.2) is 62.5 Å². The van der Waals surface area contributed by atoms with Crippen LogP contribution in [0.3, 0.4) is 0 Å². The molecule has 1 fully saturated rings. The second kappa shape index (κ2) is 9.64. The van der Waals surface area contributed by atoms with Gasteiger partial charge in [0.05, 0.1) is 23.2 Å². The number of piperazine rings is 1. The first kappa shape index (κ1) is 25.2. The summed E-state index contributed by atoms with van der Waals surface area (Å²) in [5, 5.41) is 1.01. The largest absolute Gasteiger partial charge is 0.444 e. The fraction of sp³-hybridized carbons (Fsp3) is 0.667. The van der Waals surface area contributed by atoms with Crippen LogP contribution in [0.5, 0.6) is 0 Å². The Bertz CT molecular complexity index is 1100. The molecule has 0 bridgehead atoms. The summed E-state index contributed by atoms with van der Waals surface area (Å²) in [6.07, 6.45) is 1.95. The molecular weight excluding hydrogens is 477 g/mol. The van der Waals surface area contributed by atoms with Gasteiger partial charge >= 0.3 is 6.09 Å². The highest BCUT2D eigenvalue weighted by Crippen LogP contribution is 2.40. The number of fused-ring (bicyclic) bond motifs is 2. The first-order valence-corrected chi connectivity index (χ1v) is 13.4. The summed E-state index contributed by atoms with van der Waals surface area (Å²) in [7, 11) is 0. The Balaban J connectivity index is 1.86. The van der Waals surface area contributed by atoms with Crippen LogP contribution in [0.2, 0.25) is 5.15 Å². The molecule has 0 saturated carbocycles. The van der Waals surface area contributed by atoms with Gasteiger partial charge in [0, 0.05) is 13.1 Å². The molecule has 1 amide bonds. The molecule has 0 unspecified atom stereocenters. The molecule has 0 radical (unpaired) electrons. The Morgan fingerprint density at radius 1 is 1.24 bits per heavy atom. The number of hydrogen-bond donors (Lipinski definition) is 0. The number of amides is 1. The van der Waals surface area contributed by atoms with Crippen molar-refractivity contribution in [2.45, 2.75) is 83.6 Å². The number of carbonyl (C=O) groups is 1. The van der Waals surface area contributed by atoms with Crippen molar-refractivity contribution >= 4 is 46.2 Å². The van der Waals surface area contributed by atoms with E-state index in [2.05, 4.69) is 28.7 Å². The van der Waals surface area contributed by atoms with E-state index in [0.717, 1.165) is 24.3 Å². The van der Waals surface area contributed by atoms with Gasteiger partial charge in [-0.05, 0) is 51.7 Å². The summed E-state index contributed by atoms with van der Waals surface area (Å²) >= 11 is 7.64. The molecule has 0 aliphatic carbocycles. The number of nitrogens with zero attached hydrogens (tertiary/aromatic N) is 5. The first-order valence-electron chi connectivity index (χ1n) is 12.0. The number of hydrogen-bond acceptors (Lipinski definition) is 7. The van der Waals surface area contributed by atoms with Crippen LogP contribution in [0.1, 0.15) is 60.1 Å². The summed E-state index contributed by atoms with van der Waals surface area (Å²) in [5.41, 5.74) is 0.398. The Morgan fingerprint density at radius 2 is 1.97 bits per heavy atom. The second-order valence-corrected chi connectivity index (χ2v) is 11.6. The zero-order chi connectivity index (χ0) is 24.8. The number of aryl methyl sites for hydroxylation is 1. The van der Waals surface area contributed by atoms with Crippen molar-refractivity contribution in [1.82, 2.24) is 19.9 Å². The number of pyridine rings is 1. The van der Waals surface area contributed by atoms with Gasteiger partial charge in [-0.3, -0.25) is 0 Å². The normalized spacial score (nSPS) is 22.9. The van der Waals surface area contributed by atoms with Gasteiger partial charge in [-0.1, -0.05) is 44.1 Å². The van der Waals surface area contributed by atoms with E-state index in [1.165, 1.54) is 11.8 Å². The van der Waals surface area contributed by atoms with E-state index < -0.39 is 11.4 Å². The lowest BCUT2D eigenvalue weighted by Crippen LogP contribution is -2.64. The maximum atomic E-state index is 15.2. The van der Waals surface area contributed by atoms with Gasteiger partial charge in [-0.2, -0.15) is 0 Å². The van der Waals surface area contributed by atoms with Crippen molar-refractivity contribution < 1.29 is 13.9 Å². The number of thioether (sulfide) groups is 1. The van der Waals surface area contributed by atoms with Crippen LogP contribution in [-0.2, 0) is 11.2 Å². The molecule has 0 N–H and O–H groups in total. The molecule has 4 rings (SSSR count). The maximum absolute atomic E-state index is 15.2. The number of aromatic nitrogens is 3. The molecule has 0 aromatic carbocycles. The lowest BCUT2D eigenvalue weighted by Gasteiger charge is -2.51. The molecule has 3 atom stereocenters.